The number of nitrogens with zero attached hydrogens (tertiary/aromatic N) is 2. The minimum Gasteiger partial charge on any atom is -0.478 e. The second-order valence-corrected chi connectivity index (χ2v) is 4.81. The summed E-state index contributed by atoms with van der Waals surface area (Å²) in [6.45, 7) is 3.84. The molecule has 0 aliphatic heterocycles. The van der Waals surface area contributed by atoms with Crippen molar-refractivity contribution >= 4 is 28.7 Å². The zero-order chi connectivity index (χ0) is 13.8. The number of carboxylic acids is 1. The molecule has 1 aromatic carbocycles. The summed E-state index contributed by atoms with van der Waals surface area (Å²) in [5, 5.41) is 13.1. The van der Waals surface area contributed by atoms with E-state index >= 15 is 0 Å². The van der Waals surface area contributed by atoms with E-state index in [2.05, 4.69) is 15.5 Å². The number of carboxylic acid groups (broad SMARTS) is 1. The molecule has 0 unspecified atom stereocenters. The molecule has 2 N–H and O–H groups in total. The Balaban J connectivity index is 2.10. The van der Waals surface area contributed by atoms with Gasteiger partial charge >= 0.3 is 5.97 Å². The Morgan fingerprint density at radius 3 is 2.58 bits per heavy atom. The van der Waals surface area contributed by atoms with E-state index in [4.69, 9.17) is 5.11 Å². The average Bonchev–Trinajstić information content (AvgIpc) is 2.83. The van der Waals surface area contributed by atoms with Crippen LogP contribution in [0.25, 0.3) is 0 Å². The van der Waals surface area contributed by atoms with Gasteiger partial charge in [-0.1, -0.05) is 0 Å². The highest BCUT2D eigenvalue weighted by Gasteiger charge is 2.05. The lowest BCUT2D eigenvalue weighted by Gasteiger charge is -2.03. The fourth-order valence-corrected chi connectivity index (χ4v) is 2.29. The smallest absolute Gasteiger partial charge is 0.335 e. The number of anilines is 1. The molecule has 6 heteroatoms. The monoisotopic (exact) mass is 275 g/mol. The van der Waals surface area contributed by atoms with E-state index in [0.29, 0.717) is 0 Å². The number of hydrogen-bond donors (Lipinski definition) is 2. The van der Waals surface area contributed by atoms with Crippen LogP contribution in [0.3, 0.4) is 0 Å². The summed E-state index contributed by atoms with van der Waals surface area (Å²) in [4.78, 5) is 15.9. The number of hydrogen-bond acceptors (Lipinski definition) is 5. The maximum atomic E-state index is 10.7. The van der Waals surface area contributed by atoms with Gasteiger partial charge < -0.3 is 5.11 Å². The number of carbonyl (C=O) groups is 1. The maximum absolute atomic E-state index is 10.7. The Kier molecular flexibility index (Phi) is 3.91. The number of nitrogens with one attached hydrogen (secondary N) is 1. The van der Waals surface area contributed by atoms with Crippen molar-refractivity contribution in [2.75, 3.05) is 5.43 Å². The molecule has 0 saturated carbocycles. The Morgan fingerprint density at radius 1 is 1.37 bits per heavy atom. The lowest BCUT2D eigenvalue weighted by molar-refractivity contribution is 0.0697. The first-order valence-corrected chi connectivity index (χ1v) is 6.50. The molecule has 0 aliphatic carbocycles. The van der Waals surface area contributed by atoms with Gasteiger partial charge in [0.2, 0.25) is 0 Å². The normalized spacial score (nSPS) is 11.4. The third-order valence-corrected chi connectivity index (χ3v) is 3.60. The van der Waals surface area contributed by atoms with E-state index in [1.54, 1.807) is 17.6 Å². The molecule has 2 rings (SSSR count). The topological polar surface area (TPSA) is 74.6 Å². The van der Waals surface area contributed by atoms with Crippen LogP contribution in [-0.2, 0) is 0 Å². The molecule has 98 valence electrons. The van der Waals surface area contributed by atoms with E-state index in [-0.39, 0.29) is 5.56 Å². The molecular weight excluding hydrogens is 262 g/mol. The van der Waals surface area contributed by atoms with Gasteiger partial charge in [0.15, 0.2) is 0 Å². The summed E-state index contributed by atoms with van der Waals surface area (Å²) in [6, 6.07) is 6.43. The van der Waals surface area contributed by atoms with Crippen molar-refractivity contribution < 1.29 is 9.90 Å². The second kappa shape index (κ2) is 5.62. The van der Waals surface area contributed by atoms with E-state index in [1.807, 2.05) is 13.8 Å². The number of aryl methyl sites for hydroxylation is 1. The Morgan fingerprint density at radius 2 is 2.05 bits per heavy atom. The van der Waals surface area contributed by atoms with Gasteiger partial charge in [-0.05, 0) is 38.1 Å². The molecule has 2 aromatic rings. The zero-order valence-electron chi connectivity index (χ0n) is 10.5. The number of hydrazone groups is 1. The Bertz CT molecular complexity index is 617. The highest BCUT2D eigenvalue weighted by molar-refractivity contribution is 7.12. The Labute approximate surface area is 114 Å². The first-order valence-electron chi connectivity index (χ1n) is 5.62. The van der Waals surface area contributed by atoms with Crippen LogP contribution < -0.4 is 5.43 Å². The molecule has 19 heavy (non-hydrogen) atoms. The third kappa shape index (κ3) is 3.17. The number of thiazole rings is 1. The molecule has 0 amide bonds. The van der Waals surface area contributed by atoms with Gasteiger partial charge in [-0.25, -0.2) is 9.78 Å². The number of rotatable bonds is 4. The van der Waals surface area contributed by atoms with Crippen molar-refractivity contribution in [1.29, 1.82) is 0 Å². The Hall–Kier alpha value is -2.21. The highest BCUT2D eigenvalue weighted by atomic mass is 32.1. The standard InChI is InChI=1S/C13H13N3O2S/c1-8-12(19-7-14-8)9(2)15-16-11-5-3-10(4-6-11)13(17)18/h3-7,16H,1-2H3,(H,17,18)/b15-9-. The fourth-order valence-electron chi connectivity index (χ4n) is 1.54. The largest absolute Gasteiger partial charge is 0.478 e. The average molecular weight is 275 g/mol. The predicted molar refractivity (Wildman–Crippen MR) is 76.1 cm³/mol. The molecule has 1 heterocycles. The first-order chi connectivity index (χ1) is 9.08. The summed E-state index contributed by atoms with van der Waals surface area (Å²) in [5.41, 5.74) is 7.48. The van der Waals surface area contributed by atoms with Crippen LogP contribution in [0.5, 0.6) is 0 Å². The summed E-state index contributed by atoms with van der Waals surface area (Å²) in [5.74, 6) is -0.938. The minimum atomic E-state index is -0.938. The fraction of sp³-hybridized carbons (Fsp3) is 0.154. The molecule has 0 fully saturated rings. The van der Waals surface area contributed by atoms with Crippen LogP contribution in [0.2, 0.25) is 0 Å². The lowest BCUT2D eigenvalue weighted by Crippen LogP contribution is -2.00. The summed E-state index contributed by atoms with van der Waals surface area (Å²) < 4.78 is 0. The van der Waals surface area contributed by atoms with Gasteiger partial charge in [0.05, 0.1) is 33.0 Å². The van der Waals surface area contributed by atoms with E-state index in [1.165, 1.54) is 23.5 Å². The number of benzene rings is 1. The van der Waals surface area contributed by atoms with Crippen LogP contribution in [0, 0.1) is 6.92 Å². The summed E-state index contributed by atoms with van der Waals surface area (Å²) in [7, 11) is 0. The van der Waals surface area contributed by atoms with Crippen molar-refractivity contribution in [3.63, 3.8) is 0 Å². The van der Waals surface area contributed by atoms with Crippen LogP contribution >= 0.6 is 11.3 Å². The van der Waals surface area contributed by atoms with Crippen molar-refractivity contribution in [2.45, 2.75) is 13.8 Å². The van der Waals surface area contributed by atoms with Crippen molar-refractivity contribution in [3.8, 4) is 0 Å². The van der Waals surface area contributed by atoms with E-state index < -0.39 is 5.97 Å². The van der Waals surface area contributed by atoms with Crippen molar-refractivity contribution in [2.24, 2.45) is 5.10 Å². The molecule has 1 aromatic heterocycles. The van der Waals surface area contributed by atoms with Crippen LogP contribution in [0.4, 0.5) is 5.69 Å². The maximum Gasteiger partial charge on any atom is 0.335 e. The van der Waals surface area contributed by atoms with Gasteiger partial charge in [-0.15, -0.1) is 11.3 Å². The summed E-state index contributed by atoms with van der Waals surface area (Å²) in [6.07, 6.45) is 0. The zero-order valence-corrected chi connectivity index (χ0v) is 11.4. The molecule has 0 spiro atoms. The van der Waals surface area contributed by atoms with E-state index in [9.17, 15) is 4.79 Å². The second-order valence-electron chi connectivity index (χ2n) is 3.96. The number of aromatic nitrogens is 1. The van der Waals surface area contributed by atoms with Crippen LogP contribution in [0.1, 0.15) is 27.9 Å². The van der Waals surface area contributed by atoms with Crippen molar-refractivity contribution in [3.05, 3.63) is 45.9 Å². The van der Waals surface area contributed by atoms with Crippen LogP contribution in [0.15, 0.2) is 34.9 Å². The molecule has 0 atom stereocenters. The van der Waals surface area contributed by atoms with Gasteiger partial charge in [0.25, 0.3) is 0 Å². The molecule has 5 nitrogen and oxygen atoms in total. The van der Waals surface area contributed by atoms with Gasteiger partial charge in [0, 0.05) is 0 Å². The van der Waals surface area contributed by atoms with Crippen molar-refractivity contribution in [1.82, 2.24) is 4.98 Å². The van der Waals surface area contributed by atoms with Gasteiger partial charge in [-0.3, -0.25) is 5.43 Å². The minimum absolute atomic E-state index is 0.254. The van der Waals surface area contributed by atoms with Gasteiger partial charge in [-0.2, -0.15) is 5.10 Å². The van der Waals surface area contributed by atoms with Gasteiger partial charge in [0.1, 0.15) is 0 Å². The molecule has 0 radical (unpaired) electrons. The quantitative estimate of drug-likeness (QED) is 0.664. The SMILES string of the molecule is C/C(=N/Nc1ccc(C(=O)O)cc1)c1scnc1C. The number of aromatic carboxylic acids is 1. The molecule has 0 saturated heterocycles. The first kappa shape index (κ1) is 13.2. The molecule has 0 bridgehead atoms. The van der Waals surface area contributed by atoms with Crippen LogP contribution in [-0.4, -0.2) is 21.8 Å². The van der Waals surface area contributed by atoms with E-state index in [0.717, 1.165) is 22.0 Å². The lowest BCUT2D eigenvalue weighted by atomic mass is 10.2. The third-order valence-electron chi connectivity index (χ3n) is 2.56. The summed E-state index contributed by atoms with van der Waals surface area (Å²) >= 11 is 1.54. The molecule has 0 aliphatic rings. The molecular formula is C13H13N3O2S. The highest BCUT2D eigenvalue weighted by Crippen LogP contribution is 2.14. The predicted octanol–water partition coefficient (Wildman–Crippen LogP) is 2.99.